The minimum Gasteiger partial charge on any atom is -0.395 e. The Morgan fingerprint density at radius 2 is 2.24 bits per heavy atom. The van der Waals surface area contributed by atoms with Crippen LogP contribution in [-0.4, -0.2) is 48.4 Å². The lowest BCUT2D eigenvalue weighted by molar-refractivity contribution is -0.136. The van der Waals surface area contributed by atoms with Crippen molar-refractivity contribution in [3.8, 4) is 0 Å². The maximum absolute atomic E-state index is 12.7. The first kappa shape index (κ1) is 15.2. The molecule has 0 aliphatic carbocycles. The van der Waals surface area contributed by atoms with Gasteiger partial charge in [-0.05, 0) is 12.5 Å². The van der Waals surface area contributed by atoms with Crippen LogP contribution in [0.2, 0.25) is 0 Å². The Morgan fingerprint density at radius 3 is 2.76 bits per heavy atom. The van der Waals surface area contributed by atoms with E-state index in [2.05, 4.69) is 10.1 Å². The summed E-state index contributed by atoms with van der Waals surface area (Å²) in [5, 5.41) is 13.4. The zero-order valence-electron chi connectivity index (χ0n) is 12.4. The number of aliphatic hydroxyl groups is 1. The van der Waals surface area contributed by atoms with Gasteiger partial charge in [0, 0.05) is 38.4 Å². The third-order valence-corrected chi connectivity index (χ3v) is 3.45. The van der Waals surface area contributed by atoms with Gasteiger partial charge in [0.15, 0.2) is 0 Å². The number of amides is 1. The lowest BCUT2D eigenvalue weighted by atomic mass is 10.2. The van der Waals surface area contributed by atoms with Crippen molar-refractivity contribution in [3.05, 3.63) is 36.7 Å². The summed E-state index contributed by atoms with van der Waals surface area (Å²) in [6, 6.07) is 1.44. The molecule has 1 atom stereocenters. The smallest absolute Gasteiger partial charge is 0.247 e. The lowest BCUT2D eigenvalue weighted by Crippen LogP contribution is -2.39. The highest BCUT2D eigenvalue weighted by Gasteiger charge is 2.25. The van der Waals surface area contributed by atoms with Crippen LogP contribution in [0.5, 0.6) is 0 Å². The molecule has 0 saturated heterocycles. The molecule has 114 valence electrons. The molecule has 7 nitrogen and oxygen atoms in total. The van der Waals surface area contributed by atoms with Gasteiger partial charge < -0.3 is 14.6 Å². The van der Waals surface area contributed by atoms with Crippen LogP contribution in [-0.2, 0) is 18.4 Å². The fourth-order valence-electron chi connectivity index (χ4n) is 2.26. The van der Waals surface area contributed by atoms with E-state index < -0.39 is 0 Å². The fraction of sp³-hybridized carbons (Fsp3) is 0.500. The molecule has 0 bridgehead atoms. The van der Waals surface area contributed by atoms with Crippen molar-refractivity contribution >= 4 is 5.91 Å². The quantitative estimate of drug-likeness (QED) is 0.810. The zero-order valence-corrected chi connectivity index (χ0v) is 12.4. The molecule has 1 amide bonds. The lowest BCUT2D eigenvalue weighted by Gasteiger charge is -2.26. The SMILES string of the molecule is CC[C@@H](C(=O)N(CCO)Cc1nccn1C)n1cccn1. The molecule has 21 heavy (non-hydrogen) atoms. The summed E-state index contributed by atoms with van der Waals surface area (Å²) >= 11 is 0. The molecule has 2 rings (SSSR count). The van der Waals surface area contributed by atoms with Gasteiger partial charge in [0.25, 0.3) is 0 Å². The minimum absolute atomic E-state index is 0.0572. The number of aryl methyl sites for hydroxylation is 1. The van der Waals surface area contributed by atoms with E-state index in [9.17, 15) is 9.90 Å². The van der Waals surface area contributed by atoms with Crippen LogP contribution in [0.3, 0.4) is 0 Å². The number of carbonyl (C=O) groups excluding carboxylic acids is 1. The molecule has 0 spiro atoms. The van der Waals surface area contributed by atoms with Crippen molar-refractivity contribution in [1.29, 1.82) is 0 Å². The Kier molecular flexibility index (Phi) is 5.10. The van der Waals surface area contributed by atoms with Crippen molar-refractivity contribution in [2.45, 2.75) is 25.9 Å². The molecule has 0 radical (unpaired) electrons. The maximum Gasteiger partial charge on any atom is 0.247 e. The van der Waals surface area contributed by atoms with Crippen LogP contribution in [0.15, 0.2) is 30.9 Å². The summed E-state index contributed by atoms with van der Waals surface area (Å²) in [5.41, 5.74) is 0. The molecule has 0 unspecified atom stereocenters. The van der Waals surface area contributed by atoms with Gasteiger partial charge in [-0.15, -0.1) is 0 Å². The Morgan fingerprint density at radius 1 is 1.43 bits per heavy atom. The Bertz CT molecular complexity index is 564. The van der Waals surface area contributed by atoms with Crippen molar-refractivity contribution in [1.82, 2.24) is 24.2 Å². The third kappa shape index (κ3) is 3.49. The molecule has 1 N–H and O–H groups in total. The van der Waals surface area contributed by atoms with E-state index in [4.69, 9.17) is 0 Å². The van der Waals surface area contributed by atoms with Crippen LogP contribution in [0.1, 0.15) is 25.2 Å². The molecule has 2 heterocycles. The minimum atomic E-state index is -0.355. The Hall–Kier alpha value is -2.15. The molecule has 2 aromatic rings. The predicted octanol–water partition coefficient (Wildman–Crippen LogP) is 0.589. The van der Waals surface area contributed by atoms with Gasteiger partial charge in [-0.2, -0.15) is 5.10 Å². The molecule has 0 aromatic carbocycles. The van der Waals surface area contributed by atoms with E-state index in [0.29, 0.717) is 13.0 Å². The summed E-state index contributed by atoms with van der Waals surface area (Å²) in [4.78, 5) is 18.6. The van der Waals surface area contributed by atoms with Gasteiger partial charge in [0.1, 0.15) is 11.9 Å². The third-order valence-electron chi connectivity index (χ3n) is 3.45. The highest BCUT2D eigenvalue weighted by molar-refractivity contribution is 5.80. The molecular formula is C14H21N5O2. The van der Waals surface area contributed by atoms with Crippen LogP contribution < -0.4 is 0 Å². The highest BCUT2D eigenvalue weighted by atomic mass is 16.3. The summed E-state index contributed by atoms with van der Waals surface area (Å²) in [5.74, 6) is 0.727. The molecule has 0 fully saturated rings. The Labute approximate surface area is 123 Å². The number of aromatic nitrogens is 4. The van der Waals surface area contributed by atoms with Gasteiger partial charge >= 0.3 is 0 Å². The molecule has 7 heteroatoms. The van der Waals surface area contributed by atoms with Crippen molar-refractivity contribution in [2.75, 3.05) is 13.2 Å². The predicted molar refractivity (Wildman–Crippen MR) is 77.3 cm³/mol. The standard InChI is InChI=1S/C14H21N5O2/c1-3-12(19-7-4-5-16-19)14(21)18(9-10-20)11-13-15-6-8-17(13)2/h4-8,12,20H,3,9-11H2,1-2H3/t12-/m0/s1. The van der Waals surface area contributed by atoms with E-state index in [1.54, 1.807) is 34.2 Å². The van der Waals surface area contributed by atoms with Gasteiger partial charge in [-0.1, -0.05) is 6.92 Å². The van der Waals surface area contributed by atoms with Gasteiger partial charge in [0.05, 0.1) is 13.2 Å². The normalized spacial score (nSPS) is 12.3. The second-order valence-electron chi connectivity index (χ2n) is 4.85. The van der Waals surface area contributed by atoms with E-state index >= 15 is 0 Å². The van der Waals surface area contributed by atoms with Crippen LogP contribution in [0.25, 0.3) is 0 Å². The molecule has 2 aromatic heterocycles. The van der Waals surface area contributed by atoms with Gasteiger partial charge in [-0.3, -0.25) is 9.48 Å². The van der Waals surface area contributed by atoms with E-state index in [0.717, 1.165) is 5.82 Å². The summed E-state index contributed by atoms with van der Waals surface area (Å²) in [6.45, 7) is 2.53. The Balaban J connectivity index is 2.16. The maximum atomic E-state index is 12.7. The first-order chi connectivity index (χ1) is 10.2. The van der Waals surface area contributed by atoms with Gasteiger partial charge in [0.2, 0.25) is 5.91 Å². The second-order valence-corrected chi connectivity index (χ2v) is 4.85. The average molecular weight is 291 g/mol. The van der Waals surface area contributed by atoms with Crippen LogP contribution >= 0.6 is 0 Å². The monoisotopic (exact) mass is 291 g/mol. The highest BCUT2D eigenvalue weighted by Crippen LogP contribution is 2.15. The molecule has 0 aliphatic rings. The van der Waals surface area contributed by atoms with Crippen LogP contribution in [0.4, 0.5) is 0 Å². The summed E-state index contributed by atoms with van der Waals surface area (Å²) in [6.07, 6.45) is 7.61. The number of aliphatic hydroxyl groups excluding tert-OH is 1. The zero-order chi connectivity index (χ0) is 15.2. The molecule has 0 saturated carbocycles. The number of nitrogens with zero attached hydrogens (tertiary/aromatic N) is 5. The summed E-state index contributed by atoms with van der Waals surface area (Å²) < 4.78 is 3.53. The number of imidazole rings is 1. The van der Waals surface area contributed by atoms with Crippen molar-refractivity contribution < 1.29 is 9.90 Å². The van der Waals surface area contributed by atoms with Crippen LogP contribution in [0, 0.1) is 0 Å². The van der Waals surface area contributed by atoms with E-state index in [1.165, 1.54) is 0 Å². The number of hydrogen-bond acceptors (Lipinski definition) is 4. The molecule has 0 aliphatic heterocycles. The van der Waals surface area contributed by atoms with E-state index in [-0.39, 0.29) is 25.1 Å². The first-order valence-corrected chi connectivity index (χ1v) is 7.02. The number of hydrogen-bond donors (Lipinski definition) is 1. The fourth-order valence-corrected chi connectivity index (χ4v) is 2.26. The average Bonchev–Trinajstić information content (AvgIpc) is 3.12. The van der Waals surface area contributed by atoms with Gasteiger partial charge in [-0.25, -0.2) is 4.98 Å². The van der Waals surface area contributed by atoms with Crippen molar-refractivity contribution in [3.63, 3.8) is 0 Å². The van der Waals surface area contributed by atoms with E-state index in [1.807, 2.05) is 24.7 Å². The van der Waals surface area contributed by atoms with Crippen molar-refractivity contribution in [2.24, 2.45) is 7.05 Å². The second kappa shape index (κ2) is 7.03. The topological polar surface area (TPSA) is 76.2 Å². The molecular weight excluding hydrogens is 270 g/mol. The number of carbonyl (C=O) groups is 1. The number of rotatable bonds is 7. The first-order valence-electron chi connectivity index (χ1n) is 7.02. The summed E-state index contributed by atoms with van der Waals surface area (Å²) in [7, 11) is 1.88. The largest absolute Gasteiger partial charge is 0.395 e.